The number of carbonyl (C=O) groups is 1. The predicted molar refractivity (Wildman–Crippen MR) is 85.0 cm³/mol. The van der Waals surface area contributed by atoms with Crippen molar-refractivity contribution in [3.05, 3.63) is 23.8 Å². The molecule has 6 heteroatoms. The molecule has 1 aromatic carbocycles. The zero-order valence-electron chi connectivity index (χ0n) is 14.1. The van der Waals surface area contributed by atoms with Crippen molar-refractivity contribution < 1.29 is 19.2 Å². The van der Waals surface area contributed by atoms with Crippen LogP contribution >= 0.6 is 0 Å². The van der Waals surface area contributed by atoms with Crippen molar-refractivity contribution >= 4 is 5.91 Å². The second-order valence-corrected chi connectivity index (χ2v) is 6.52. The van der Waals surface area contributed by atoms with E-state index in [0.717, 1.165) is 22.0 Å². The third kappa shape index (κ3) is 4.14. The van der Waals surface area contributed by atoms with Crippen molar-refractivity contribution in [3.63, 3.8) is 0 Å². The predicted octanol–water partition coefficient (Wildman–Crippen LogP) is 0.484. The summed E-state index contributed by atoms with van der Waals surface area (Å²) in [6, 6.07) is 7.99. The number of quaternary nitrogens is 1. The quantitative estimate of drug-likeness (QED) is 0.800. The van der Waals surface area contributed by atoms with E-state index in [4.69, 9.17) is 9.47 Å². The summed E-state index contributed by atoms with van der Waals surface area (Å²) < 4.78 is 10.7. The number of benzene rings is 1. The molecule has 1 aliphatic rings. The summed E-state index contributed by atoms with van der Waals surface area (Å²) in [4.78, 5) is 13.2. The lowest BCUT2D eigenvalue weighted by Crippen LogP contribution is -3.09. The van der Waals surface area contributed by atoms with E-state index in [-0.39, 0.29) is 18.6 Å². The van der Waals surface area contributed by atoms with Crippen molar-refractivity contribution in [1.82, 2.24) is 5.32 Å². The number of nitriles is 1. The molecule has 23 heavy (non-hydrogen) atoms. The molecule has 0 radical (unpaired) electrons. The molecule has 0 fully saturated rings. The number of rotatable bonds is 6. The average Bonchev–Trinajstić information content (AvgIpc) is 2.93. The van der Waals surface area contributed by atoms with Crippen LogP contribution in [0.15, 0.2) is 18.2 Å². The number of nitrogens with zero attached hydrogens (tertiary/aromatic N) is 1. The van der Waals surface area contributed by atoms with Crippen molar-refractivity contribution in [3.8, 4) is 17.6 Å². The van der Waals surface area contributed by atoms with Crippen LogP contribution in [0, 0.1) is 17.2 Å². The van der Waals surface area contributed by atoms with Gasteiger partial charge in [0.25, 0.3) is 5.91 Å². The van der Waals surface area contributed by atoms with Gasteiger partial charge in [0.2, 0.25) is 6.79 Å². The maximum atomic E-state index is 12.2. The highest BCUT2D eigenvalue weighted by Crippen LogP contribution is 2.32. The standard InChI is InChI=1S/C17H23N3O3/c1-12(2)17(3,10-18)19-16(21)9-20(4)8-13-5-6-14-15(7-13)23-11-22-14/h5-7,12H,8-9,11H2,1-4H3,(H,19,21)/p+1/t17-/m1/s1. The molecule has 1 heterocycles. The monoisotopic (exact) mass is 318 g/mol. The number of amides is 1. The highest BCUT2D eigenvalue weighted by Gasteiger charge is 2.30. The summed E-state index contributed by atoms with van der Waals surface area (Å²) in [5, 5.41) is 12.1. The van der Waals surface area contributed by atoms with E-state index in [2.05, 4.69) is 11.4 Å². The first-order chi connectivity index (χ1) is 10.8. The van der Waals surface area contributed by atoms with Crippen molar-refractivity contribution in [2.45, 2.75) is 32.9 Å². The van der Waals surface area contributed by atoms with Crippen LogP contribution in [0.1, 0.15) is 26.3 Å². The first-order valence-corrected chi connectivity index (χ1v) is 7.76. The Kier molecular flexibility index (Phi) is 5.12. The Morgan fingerprint density at radius 3 is 2.78 bits per heavy atom. The minimum absolute atomic E-state index is 0.0469. The van der Waals surface area contributed by atoms with Crippen LogP contribution in [0.25, 0.3) is 0 Å². The summed E-state index contributed by atoms with van der Waals surface area (Å²) in [7, 11) is 1.95. The molecule has 0 saturated carbocycles. The minimum atomic E-state index is -0.837. The molecule has 1 unspecified atom stereocenters. The third-order valence-electron chi connectivity index (χ3n) is 4.19. The Morgan fingerprint density at radius 2 is 2.13 bits per heavy atom. The molecule has 1 aromatic rings. The zero-order valence-corrected chi connectivity index (χ0v) is 14.1. The SMILES string of the molecule is CC(C)[C@@](C)(C#N)NC(=O)C[NH+](C)Cc1ccc2c(c1)OCO2. The molecule has 1 aliphatic heterocycles. The lowest BCUT2D eigenvalue weighted by Gasteiger charge is -2.27. The molecule has 0 bridgehead atoms. The number of hydrogen-bond acceptors (Lipinski definition) is 4. The molecule has 124 valence electrons. The third-order valence-corrected chi connectivity index (χ3v) is 4.19. The maximum absolute atomic E-state index is 12.2. The topological polar surface area (TPSA) is 75.8 Å². The van der Waals surface area contributed by atoms with Gasteiger partial charge in [-0.15, -0.1) is 0 Å². The van der Waals surface area contributed by atoms with Crippen molar-refractivity contribution in [1.29, 1.82) is 5.26 Å². The fourth-order valence-electron chi connectivity index (χ4n) is 2.37. The molecular formula is C17H24N3O3+. The summed E-state index contributed by atoms with van der Waals surface area (Å²) in [5.41, 5.74) is 0.238. The molecule has 6 nitrogen and oxygen atoms in total. The van der Waals surface area contributed by atoms with Gasteiger partial charge < -0.3 is 19.7 Å². The first kappa shape index (κ1) is 17.1. The second-order valence-electron chi connectivity index (χ2n) is 6.52. The largest absolute Gasteiger partial charge is 0.454 e. The molecular weight excluding hydrogens is 294 g/mol. The summed E-state index contributed by atoms with van der Waals surface area (Å²) in [6.07, 6.45) is 0. The molecule has 0 saturated heterocycles. The van der Waals surface area contributed by atoms with Crippen LogP contribution in [0.5, 0.6) is 11.5 Å². The van der Waals surface area contributed by atoms with E-state index in [1.54, 1.807) is 6.92 Å². The summed E-state index contributed by atoms with van der Waals surface area (Å²) in [5.74, 6) is 1.43. The number of hydrogen-bond donors (Lipinski definition) is 2. The highest BCUT2D eigenvalue weighted by atomic mass is 16.7. The van der Waals surface area contributed by atoms with E-state index < -0.39 is 5.54 Å². The average molecular weight is 318 g/mol. The van der Waals surface area contributed by atoms with E-state index >= 15 is 0 Å². The fourth-order valence-corrected chi connectivity index (χ4v) is 2.37. The maximum Gasteiger partial charge on any atom is 0.276 e. The second kappa shape index (κ2) is 6.88. The van der Waals surface area contributed by atoms with Crippen LogP contribution in [-0.2, 0) is 11.3 Å². The number of carbonyl (C=O) groups excluding carboxylic acids is 1. The first-order valence-electron chi connectivity index (χ1n) is 7.76. The van der Waals surface area contributed by atoms with E-state index in [0.29, 0.717) is 13.1 Å². The molecule has 2 N–H and O–H groups in total. The number of ether oxygens (including phenoxy) is 2. The molecule has 2 rings (SSSR count). The lowest BCUT2D eigenvalue weighted by atomic mass is 9.90. The van der Waals surface area contributed by atoms with Gasteiger partial charge in [0, 0.05) is 5.56 Å². The molecule has 0 aliphatic carbocycles. The smallest absolute Gasteiger partial charge is 0.276 e. The minimum Gasteiger partial charge on any atom is -0.454 e. The number of likely N-dealkylation sites (N-methyl/N-ethyl adjacent to an activating group) is 1. The number of fused-ring (bicyclic) bond motifs is 1. The van der Waals surface area contributed by atoms with Gasteiger partial charge in [0.05, 0.1) is 13.1 Å². The van der Waals surface area contributed by atoms with Crippen LogP contribution in [0.4, 0.5) is 0 Å². The molecule has 1 amide bonds. The Labute approximate surface area is 137 Å². The van der Waals surface area contributed by atoms with Crippen LogP contribution in [-0.4, -0.2) is 31.8 Å². The summed E-state index contributed by atoms with van der Waals surface area (Å²) in [6.45, 7) is 6.85. The summed E-state index contributed by atoms with van der Waals surface area (Å²) >= 11 is 0. The van der Waals surface area contributed by atoms with E-state index in [1.807, 2.05) is 39.1 Å². The van der Waals surface area contributed by atoms with Gasteiger partial charge in [-0.25, -0.2) is 0 Å². The Morgan fingerprint density at radius 1 is 1.43 bits per heavy atom. The molecule has 2 atom stereocenters. The lowest BCUT2D eigenvalue weighted by molar-refractivity contribution is -0.885. The normalized spacial score (nSPS) is 16.5. The van der Waals surface area contributed by atoms with Gasteiger partial charge in [0.15, 0.2) is 18.0 Å². The van der Waals surface area contributed by atoms with Crippen LogP contribution in [0.2, 0.25) is 0 Å². The van der Waals surface area contributed by atoms with Gasteiger partial charge in [-0.2, -0.15) is 5.26 Å². The Bertz CT molecular complexity index is 624. The number of nitrogens with one attached hydrogen (secondary N) is 2. The van der Waals surface area contributed by atoms with Crippen LogP contribution < -0.4 is 19.7 Å². The van der Waals surface area contributed by atoms with Gasteiger partial charge >= 0.3 is 0 Å². The van der Waals surface area contributed by atoms with Gasteiger partial charge in [0.1, 0.15) is 12.1 Å². The zero-order chi connectivity index (χ0) is 17.0. The van der Waals surface area contributed by atoms with Gasteiger partial charge in [-0.3, -0.25) is 4.79 Å². The van der Waals surface area contributed by atoms with Crippen molar-refractivity contribution in [2.24, 2.45) is 5.92 Å². The van der Waals surface area contributed by atoms with Gasteiger partial charge in [-0.05, 0) is 31.0 Å². The Balaban J connectivity index is 1.91. The van der Waals surface area contributed by atoms with E-state index in [1.165, 1.54) is 0 Å². The van der Waals surface area contributed by atoms with Crippen LogP contribution in [0.3, 0.4) is 0 Å². The highest BCUT2D eigenvalue weighted by molar-refractivity contribution is 5.78. The van der Waals surface area contributed by atoms with Gasteiger partial charge in [-0.1, -0.05) is 13.8 Å². The molecule has 0 aromatic heterocycles. The van der Waals surface area contributed by atoms with E-state index in [9.17, 15) is 10.1 Å². The fraction of sp³-hybridized carbons (Fsp3) is 0.529. The van der Waals surface area contributed by atoms with Crippen molar-refractivity contribution in [2.75, 3.05) is 20.4 Å². The molecule has 0 spiro atoms. The Hall–Kier alpha value is -2.26.